The molecule has 1 aromatic carbocycles. The normalized spacial score (nSPS) is 10.5. The van der Waals surface area contributed by atoms with Crippen molar-refractivity contribution in [2.24, 2.45) is 0 Å². The Morgan fingerprint density at radius 2 is 1.77 bits per heavy atom. The Hall–Kier alpha value is -2.10. The lowest BCUT2D eigenvalue weighted by Crippen LogP contribution is -2.26. The zero-order chi connectivity index (χ0) is 15.8. The standard InChI is InChI=1S/C18H26N4/c1-4-12-22(13-5-2)17-10-11-19-18(21-17)20-14-16-9-7-6-8-15(16)3/h6-11H,4-5,12-14H2,1-3H3,(H,19,20,21). The van der Waals surface area contributed by atoms with Crippen molar-refractivity contribution in [1.29, 1.82) is 0 Å². The zero-order valence-corrected chi connectivity index (χ0v) is 13.8. The van der Waals surface area contributed by atoms with Gasteiger partial charge in [0.05, 0.1) is 0 Å². The SMILES string of the molecule is CCCN(CCC)c1ccnc(NCc2ccccc2C)n1. The highest BCUT2D eigenvalue weighted by Crippen LogP contribution is 2.14. The lowest BCUT2D eigenvalue weighted by molar-refractivity contribution is 0.733. The van der Waals surface area contributed by atoms with E-state index < -0.39 is 0 Å². The third-order valence-corrected chi connectivity index (χ3v) is 3.65. The maximum absolute atomic E-state index is 4.66. The Labute approximate surface area is 133 Å². The molecule has 4 heteroatoms. The Morgan fingerprint density at radius 1 is 1.05 bits per heavy atom. The summed E-state index contributed by atoms with van der Waals surface area (Å²) in [5.41, 5.74) is 2.56. The molecule has 1 aromatic heterocycles. The molecule has 0 saturated heterocycles. The molecule has 118 valence electrons. The molecule has 0 amide bonds. The van der Waals surface area contributed by atoms with Crippen LogP contribution in [0.2, 0.25) is 0 Å². The number of anilines is 2. The summed E-state index contributed by atoms with van der Waals surface area (Å²) in [5.74, 6) is 1.70. The summed E-state index contributed by atoms with van der Waals surface area (Å²) in [6.07, 6.45) is 4.08. The molecule has 22 heavy (non-hydrogen) atoms. The topological polar surface area (TPSA) is 41.1 Å². The molecule has 2 aromatic rings. The average molecular weight is 298 g/mol. The Bertz CT molecular complexity index is 577. The highest BCUT2D eigenvalue weighted by atomic mass is 15.2. The van der Waals surface area contributed by atoms with Crippen molar-refractivity contribution in [3.8, 4) is 0 Å². The number of nitrogens with zero attached hydrogens (tertiary/aromatic N) is 3. The molecule has 0 aliphatic heterocycles. The molecule has 0 unspecified atom stereocenters. The largest absolute Gasteiger partial charge is 0.356 e. The minimum absolute atomic E-state index is 0.693. The molecule has 0 saturated carbocycles. The van der Waals surface area contributed by atoms with Crippen molar-refractivity contribution in [1.82, 2.24) is 9.97 Å². The van der Waals surface area contributed by atoms with E-state index in [9.17, 15) is 0 Å². The van der Waals surface area contributed by atoms with Crippen molar-refractivity contribution in [3.63, 3.8) is 0 Å². The quantitative estimate of drug-likeness (QED) is 0.799. The molecule has 0 atom stereocenters. The molecule has 0 aliphatic rings. The second kappa shape index (κ2) is 8.37. The van der Waals surface area contributed by atoms with Crippen LogP contribution in [0.25, 0.3) is 0 Å². The van der Waals surface area contributed by atoms with E-state index in [0.717, 1.165) is 38.3 Å². The molecule has 2 rings (SSSR count). The third-order valence-electron chi connectivity index (χ3n) is 3.65. The number of benzene rings is 1. The van der Waals surface area contributed by atoms with Gasteiger partial charge in [-0.25, -0.2) is 4.98 Å². The average Bonchev–Trinajstić information content (AvgIpc) is 2.54. The van der Waals surface area contributed by atoms with E-state index >= 15 is 0 Å². The summed E-state index contributed by atoms with van der Waals surface area (Å²) in [5, 5.41) is 3.33. The fourth-order valence-electron chi connectivity index (χ4n) is 2.47. The Morgan fingerprint density at radius 3 is 2.45 bits per heavy atom. The summed E-state index contributed by atoms with van der Waals surface area (Å²) in [6, 6.07) is 10.4. The number of rotatable bonds is 8. The molecular formula is C18H26N4. The first-order valence-corrected chi connectivity index (χ1v) is 8.11. The second-order valence-electron chi connectivity index (χ2n) is 5.51. The first-order chi connectivity index (χ1) is 10.7. The van der Waals surface area contributed by atoms with Gasteiger partial charge >= 0.3 is 0 Å². The van der Waals surface area contributed by atoms with E-state index in [1.165, 1.54) is 11.1 Å². The summed E-state index contributed by atoms with van der Waals surface area (Å²) in [6.45, 7) is 9.32. The number of nitrogens with one attached hydrogen (secondary N) is 1. The monoisotopic (exact) mass is 298 g/mol. The number of aromatic nitrogens is 2. The highest BCUT2D eigenvalue weighted by Gasteiger charge is 2.07. The van der Waals surface area contributed by atoms with E-state index in [1.54, 1.807) is 0 Å². The van der Waals surface area contributed by atoms with Gasteiger partial charge in [0.1, 0.15) is 5.82 Å². The lowest BCUT2D eigenvalue weighted by atomic mass is 10.1. The van der Waals surface area contributed by atoms with Gasteiger partial charge in [0.25, 0.3) is 0 Å². The smallest absolute Gasteiger partial charge is 0.224 e. The van der Waals surface area contributed by atoms with Gasteiger partial charge in [-0.15, -0.1) is 0 Å². The summed E-state index contributed by atoms with van der Waals surface area (Å²) < 4.78 is 0. The predicted octanol–water partition coefficient (Wildman–Crippen LogP) is 4.02. The molecule has 0 aliphatic carbocycles. The van der Waals surface area contributed by atoms with Gasteiger partial charge in [-0.2, -0.15) is 4.98 Å². The van der Waals surface area contributed by atoms with Gasteiger partial charge in [0.2, 0.25) is 5.95 Å². The Balaban J connectivity index is 2.06. The molecule has 0 fully saturated rings. The fourth-order valence-corrected chi connectivity index (χ4v) is 2.47. The maximum atomic E-state index is 4.66. The second-order valence-corrected chi connectivity index (χ2v) is 5.51. The molecule has 0 bridgehead atoms. The Kier molecular flexibility index (Phi) is 6.19. The minimum atomic E-state index is 0.693. The van der Waals surface area contributed by atoms with E-state index in [2.05, 4.69) is 65.2 Å². The first-order valence-electron chi connectivity index (χ1n) is 8.11. The molecule has 4 nitrogen and oxygen atoms in total. The van der Waals surface area contributed by atoms with Crippen LogP contribution in [0, 0.1) is 6.92 Å². The third kappa shape index (κ3) is 4.45. The summed E-state index contributed by atoms with van der Waals surface area (Å²) in [4.78, 5) is 11.3. The van der Waals surface area contributed by atoms with Crippen molar-refractivity contribution in [2.75, 3.05) is 23.3 Å². The van der Waals surface area contributed by atoms with Crippen LogP contribution in [-0.4, -0.2) is 23.1 Å². The van der Waals surface area contributed by atoms with E-state index in [4.69, 9.17) is 0 Å². The van der Waals surface area contributed by atoms with Gasteiger partial charge in [0, 0.05) is 25.8 Å². The van der Waals surface area contributed by atoms with Crippen molar-refractivity contribution < 1.29 is 0 Å². The van der Waals surface area contributed by atoms with E-state index in [0.29, 0.717) is 5.95 Å². The zero-order valence-electron chi connectivity index (χ0n) is 13.8. The van der Waals surface area contributed by atoms with Gasteiger partial charge < -0.3 is 10.2 Å². The summed E-state index contributed by atoms with van der Waals surface area (Å²) >= 11 is 0. The molecule has 1 N–H and O–H groups in total. The van der Waals surface area contributed by atoms with Crippen LogP contribution in [0.15, 0.2) is 36.5 Å². The van der Waals surface area contributed by atoms with Gasteiger partial charge in [-0.1, -0.05) is 38.1 Å². The van der Waals surface area contributed by atoms with Gasteiger partial charge in [-0.3, -0.25) is 0 Å². The van der Waals surface area contributed by atoms with Gasteiger partial charge in [0.15, 0.2) is 0 Å². The predicted molar refractivity (Wildman–Crippen MR) is 93.3 cm³/mol. The van der Waals surface area contributed by atoms with Gasteiger partial charge in [-0.05, 0) is 37.0 Å². The van der Waals surface area contributed by atoms with Crippen molar-refractivity contribution in [3.05, 3.63) is 47.7 Å². The van der Waals surface area contributed by atoms with Crippen molar-refractivity contribution >= 4 is 11.8 Å². The lowest BCUT2D eigenvalue weighted by Gasteiger charge is -2.22. The van der Waals surface area contributed by atoms with Crippen LogP contribution in [0.5, 0.6) is 0 Å². The van der Waals surface area contributed by atoms with Crippen LogP contribution in [0.4, 0.5) is 11.8 Å². The molecule has 1 heterocycles. The minimum Gasteiger partial charge on any atom is -0.356 e. The van der Waals surface area contributed by atoms with E-state index in [1.807, 2.05) is 12.3 Å². The van der Waals surface area contributed by atoms with Crippen LogP contribution in [0.3, 0.4) is 0 Å². The first kappa shape index (κ1) is 16.3. The van der Waals surface area contributed by atoms with Crippen molar-refractivity contribution in [2.45, 2.75) is 40.2 Å². The number of hydrogen-bond donors (Lipinski definition) is 1. The van der Waals surface area contributed by atoms with E-state index in [-0.39, 0.29) is 0 Å². The van der Waals surface area contributed by atoms with Crippen LogP contribution < -0.4 is 10.2 Å². The summed E-state index contributed by atoms with van der Waals surface area (Å²) in [7, 11) is 0. The molecule has 0 spiro atoms. The highest BCUT2D eigenvalue weighted by molar-refractivity contribution is 5.43. The fraction of sp³-hybridized carbons (Fsp3) is 0.444. The number of aryl methyl sites for hydroxylation is 1. The van der Waals surface area contributed by atoms with Crippen LogP contribution in [-0.2, 0) is 6.54 Å². The molecule has 0 radical (unpaired) electrons. The number of hydrogen-bond acceptors (Lipinski definition) is 4. The maximum Gasteiger partial charge on any atom is 0.224 e. The van der Waals surface area contributed by atoms with Crippen LogP contribution >= 0.6 is 0 Å². The van der Waals surface area contributed by atoms with Crippen LogP contribution in [0.1, 0.15) is 37.8 Å². The molecular weight excluding hydrogens is 272 g/mol.